The number of hydrogen-bond donors (Lipinski definition) is 0. The molecule has 1 aromatic rings. The summed E-state index contributed by atoms with van der Waals surface area (Å²) < 4.78 is 5.27. The van der Waals surface area contributed by atoms with Crippen LogP contribution in [0.15, 0.2) is 23.4 Å². The maximum absolute atomic E-state index is 10.7. The van der Waals surface area contributed by atoms with E-state index in [1.807, 2.05) is 18.2 Å². The van der Waals surface area contributed by atoms with Crippen LogP contribution in [-0.2, 0) is 16.1 Å². The molecule has 0 fully saturated rings. The molecule has 0 unspecified atom stereocenters. The summed E-state index contributed by atoms with van der Waals surface area (Å²) in [5.74, 6) is 0.467. The molecule has 2 rings (SSSR count). The van der Waals surface area contributed by atoms with E-state index in [-0.39, 0.29) is 0 Å². The summed E-state index contributed by atoms with van der Waals surface area (Å²) in [7, 11) is 1.65. The van der Waals surface area contributed by atoms with Gasteiger partial charge in [0, 0.05) is 18.1 Å². The van der Waals surface area contributed by atoms with Crippen molar-refractivity contribution >= 4 is 11.7 Å². The Morgan fingerprint density at radius 3 is 2.88 bits per heavy atom. The van der Waals surface area contributed by atoms with Crippen LogP contribution >= 0.6 is 0 Å². The molecule has 0 aliphatic heterocycles. The van der Waals surface area contributed by atoms with E-state index in [0.29, 0.717) is 0 Å². The normalized spacial score (nSPS) is 16.0. The van der Waals surface area contributed by atoms with Crippen molar-refractivity contribution in [2.75, 3.05) is 7.11 Å². The fourth-order valence-corrected chi connectivity index (χ4v) is 1.88. The van der Waals surface area contributed by atoms with E-state index in [2.05, 4.69) is 9.99 Å². The van der Waals surface area contributed by atoms with Crippen LogP contribution in [0.5, 0.6) is 5.75 Å². The van der Waals surface area contributed by atoms with Crippen molar-refractivity contribution in [3.63, 3.8) is 0 Å². The van der Waals surface area contributed by atoms with Crippen LogP contribution in [-0.4, -0.2) is 18.8 Å². The molecule has 0 heterocycles. The molecule has 0 spiro atoms. The maximum Gasteiger partial charge on any atom is 0.331 e. The topological polar surface area (TPSA) is 47.9 Å². The van der Waals surface area contributed by atoms with Crippen molar-refractivity contribution in [3.8, 4) is 5.75 Å². The lowest BCUT2D eigenvalue weighted by Gasteiger charge is -2.05. The molecule has 1 aliphatic rings. The smallest absolute Gasteiger partial charge is 0.331 e. The van der Waals surface area contributed by atoms with Gasteiger partial charge in [0.15, 0.2) is 0 Å². The van der Waals surface area contributed by atoms with Crippen LogP contribution in [0.25, 0.3) is 0 Å². The Morgan fingerprint density at radius 2 is 2.19 bits per heavy atom. The molecule has 0 N–H and O–H groups in total. The highest BCUT2D eigenvalue weighted by molar-refractivity contribution is 6.05. The molecule has 0 atom stereocenters. The average molecular weight is 219 g/mol. The Bertz CT molecular complexity index is 452. The van der Waals surface area contributed by atoms with Gasteiger partial charge in [-0.1, -0.05) is 17.3 Å². The maximum atomic E-state index is 10.7. The van der Waals surface area contributed by atoms with Crippen molar-refractivity contribution < 1.29 is 14.4 Å². The van der Waals surface area contributed by atoms with Gasteiger partial charge in [0.05, 0.1) is 12.8 Å². The average Bonchev–Trinajstić information content (AvgIpc) is 2.69. The summed E-state index contributed by atoms with van der Waals surface area (Å²) in [6.45, 7) is 1.34. The quantitative estimate of drug-likeness (QED) is 0.564. The molecule has 84 valence electrons. The van der Waals surface area contributed by atoms with Gasteiger partial charge in [0.25, 0.3) is 0 Å². The lowest BCUT2D eigenvalue weighted by Crippen LogP contribution is -1.99. The van der Waals surface area contributed by atoms with Crippen molar-refractivity contribution in [1.29, 1.82) is 0 Å². The Morgan fingerprint density at radius 1 is 1.38 bits per heavy atom. The fourth-order valence-electron chi connectivity index (χ4n) is 1.88. The largest absolute Gasteiger partial charge is 0.496 e. The molecular weight excluding hydrogens is 206 g/mol. The van der Waals surface area contributed by atoms with Crippen LogP contribution in [0.2, 0.25) is 0 Å². The molecule has 0 saturated carbocycles. The lowest BCUT2D eigenvalue weighted by atomic mass is 10.1. The molecule has 0 amide bonds. The van der Waals surface area contributed by atoms with E-state index >= 15 is 0 Å². The van der Waals surface area contributed by atoms with Crippen molar-refractivity contribution in [2.24, 2.45) is 5.16 Å². The predicted octanol–water partition coefficient (Wildman–Crippen LogP) is 1.91. The number of hydrogen-bond acceptors (Lipinski definition) is 4. The van der Waals surface area contributed by atoms with E-state index in [9.17, 15) is 4.79 Å². The van der Waals surface area contributed by atoms with Gasteiger partial charge in [-0.25, -0.2) is 4.79 Å². The molecule has 1 aromatic carbocycles. The predicted molar refractivity (Wildman–Crippen MR) is 59.6 cm³/mol. The van der Waals surface area contributed by atoms with Gasteiger partial charge in [-0.15, -0.1) is 0 Å². The molecule has 4 nitrogen and oxygen atoms in total. The number of oxime groups is 1. The van der Waals surface area contributed by atoms with Gasteiger partial charge in [-0.2, -0.15) is 0 Å². The van der Waals surface area contributed by atoms with Gasteiger partial charge >= 0.3 is 5.97 Å². The SMILES string of the molecule is COc1cccc2c1CC/C2=N\OC(C)=O. The highest BCUT2D eigenvalue weighted by Crippen LogP contribution is 2.30. The molecular formula is C12H13NO3. The molecule has 16 heavy (non-hydrogen) atoms. The lowest BCUT2D eigenvalue weighted by molar-refractivity contribution is -0.140. The number of carbonyl (C=O) groups excluding carboxylic acids is 1. The van der Waals surface area contributed by atoms with Crippen LogP contribution in [0.1, 0.15) is 24.5 Å². The Balaban J connectivity index is 2.33. The van der Waals surface area contributed by atoms with Crippen LogP contribution in [0.4, 0.5) is 0 Å². The number of benzene rings is 1. The van der Waals surface area contributed by atoms with E-state index in [1.54, 1.807) is 7.11 Å². The minimum atomic E-state index is -0.399. The molecule has 1 aliphatic carbocycles. The summed E-state index contributed by atoms with van der Waals surface area (Å²) in [4.78, 5) is 15.3. The zero-order chi connectivity index (χ0) is 11.5. The first-order chi connectivity index (χ1) is 7.72. The zero-order valence-electron chi connectivity index (χ0n) is 9.32. The second-order valence-electron chi connectivity index (χ2n) is 3.61. The standard InChI is InChI=1S/C12H13NO3/c1-8(14)16-13-11-7-6-10-9(11)4-3-5-12(10)15-2/h3-5H,6-7H2,1-2H3/b13-11+. The van der Waals surface area contributed by atoms with Gasteiger partial charge in [0.2, 0.25) is 0 Å². The first-order valence-electron chi connectivity index (χ1n) is 5.13. The fraction of sp³-hybridized carbons (Fsp3) is 0.333. The monoisotopic (exact) mass is 219 g/mol. The van der Waals surface area contributed by atoms with Gasteiger partial charge in [-0.05, 0) is 18.9 Å². The highest BCUT2D eigenvalue weighted by atomic mass is 16.7. The number of rotatable bonds is 2. The number of ether oxygens (including phenoxy) is 1. The van der Waals surface area contributed by atoms with Gasteiger partial charge in [-0.3, -0.25) is 0 Å². The second kappa shape index (κ2) is 4.35. The molecule has 0 saturated heterocycles. The second-order valence-corrected chi connectivity index (χ2v) is 3.61. The molecule has 0 bridgehead atoms. The molecule has 4 heteroatoms. The van der Waals surface area contributed by atoms with Crippen molar-refractivity contribution in [2.45, 2.75) is 19.8 Å². The zero-order valence-corrected chi connectivity index (χ0v) is 9.32. The van der Waals surface area contributed by atoms with Gasteiger partial charge < -0.3 is 9.57 Å². The number of nitrogens with zero attached hydrogens (tertiary/aromatic N) is 1. The van der Waals surface area contributed by atoms with E-state index in [0.717, 1.165) is 35.4 Å². The Hall–Kier alpha value is -1.84. The van der Waals surface area contributed by atoms with E-state index < -0.39 is 5.97 Å². The Kier molecular flexibility index (Phi) is 2.90. The molecule has 0 radical (unpaired) electrons. The first-order valence-corrected chi connectivity index (χ1v) is 5.13. The number of fused-ring (bicyclic) bond motifs is 1. The molecule has 0 aromatic heterocycles. The van der Waals surface area contributed by atoms with Crippen molar-refractivity contribution in [1.82, 2.24) is 0 Å². The summed E-state index contributed by atoms with van der Waals surface area (Å²) >= 11 is 0. The summed E-state index contributed by atoms with van der Waals surface area (Å²) in [6, 6.07) is 5.80. The highest BCUT2D eigenvalue weighted by Gasteiger charge is 2.21. The Labute approximate surface area is 93.9 Å². The summed E-state index contributed by atoms with van der Waals surface area (Å²) in [6.07, 6.45) is 1.66. The minimum absolute atomic E-state index is 0.399. The van der Waals surface area contributed by atoms with E-state index in [1.165, 1.54) is 6.92 Å². The minimum Gasteiger partial charge on any atom is -0.496 e. The third-order valence-electron chi connectivity index (χ3n) is 2.56. The summed E-state index contributed by atoms with van der Waals surface area (Å²) in [5.41, 5.74) is 2.96. The summed E-state index contributed by atoms with van der Waals surface area (Å²) in [5, 5.41) is 3.85. The van der Waals surface area contributed by atoms with Crippen molar-refractivity contribution in [3.05, 3.63) is 29.3 Å². The number of methoxy groups -OCH3 is 1. The number of carbonyl (C=O) groups is 1. The van der Waals surface area contributed by atoms with Crippen LogP contribution < -0.4 is 4.74 Å². The third-order valence-corrected chi connectivity index (χ3v) is 2.56. The first kappa shape index (κ1) is 10.7. The van der Waals surface area contributed by atoms with Crippen LogP contribution in [0.3, 0.4) is 0 Å². The van der Waals surface area contributed by atoms with E-state index in [4.69, 9.17) is 4.74 Å². The van der Waals surface area contributed by atoms with Gasteiger partial charge in [0.1, 0.15) is 5.75 Å². The third kappa shape index (κ3) is 1.91. The van der Waals surface area contributed by atoms with Crippen LogP contribution in [0, 0.1) is 0 Å².